The zero-order valence-electron chi connectivity index (χ0n) is 12.0. The number of nitrogens with zero attached hydrogens (tertiary/aromatic N) is 1. The molecule has 0 aromatic rings. The Kier molecular flexibility index (Phi) is 4.48. The molecule has 2 aliphatic rings. The maximum atomic E-state index is 12.6. The van der Waals surface area contributed by atoms with E-state index in [9.17, 15) is 14.7 Å². The molecule has 1 heterocycles. The standard InChI is InChI=1S/C15H25NO3/c1-10-7-8-16(11(2)9-10)14(17)12-5-3-4-6-13(12)15(18)19/h10-13H,3-9H2,1-2H3,(H,18,19)/t10?,11?,12-,13+/m1/s1. The Hall–Kier alpha value is -1.06. The number of aliphatic carboxylic acids is 1. The summed E-state index contributed by atoms with van der Waals surface area (Å²) in [5.74, 6) is -0.793. The minimum atomic E-state index is -0.795. The molecule has 2 unspecified atom stereocenters. The molecule has 1 saturated heterocycles. The molecule has 0 aromatic heterocycles. The molecule has 1 amide bonds. The first-order valence-corrected chi connectivity index (χ1v) is 7.54. The van der Waals surface area contributed by atoms with E-state index in [1.807, 2.05) is 4.90 Å². The summed E-state index contributed by atoms with van der Waals surface area (Å²) in [6, 6.07) is 0.257. The van der Waals surface area contributed by atoms with Gasteiger partial charge in [0.2, 0.25) is 5.91 Å². The van der Waals surface area contributed by atoms with Gasteiger partial charge in [-0.2, -0.15) is 0 Å². The Labute approximate surface area is 115 Å². The molecule has 1 saturated carbocycles. The van der Waals surface area contributed by atoms with Crippen LogP contribution >= 0.6 is 0 Å². The van der Waals surface area contributed by atoms with Crippen molar-refractivity contribution in [1.29, 1.82) is 0 Å². The summed E-state index contributed by atoms with van der Waals surface area (Å²) in [7, 11) is 0. The summed E-state index contributed by atoms with van der Waals surface area (Å²) in [5, 5.41) is 9.29. The number of amides is 1. The monoisotopic (exact) mass is 267 g/mol. The van der Waals surface area contributed by atoms with Crippen LogP contribution in [0.4, 0.5) is 0 Å². The predicted octanol–water partition coefficient (Wildman–Crippen LogP) is 2.52. The van der Waals surface area contributed by atoms with Crippen LogP contribution in [0, 0.1) is 17.8 Å². The maximum Gasteiger partial charge on any atom is 0.307 e. The van der Waals surface area contributed by atoms with Gasteiger partial charge >= 0.3 is 5.97 Å². The van der Waals surface area contributed by atoms with Gasteiger partial charge in [0.15, 0.2) is 0 Å². The second kappa shape index (κ2) is 5.93. The minimum Gasteiger partial charge on any atom is -0.481 e. The van der Waals surface area contributed by atoms with Gasteiger partial charge in [0, 0.05) is 12.6 Å². The van der Waals surface area contributed by atoms with Crippen LogP contribution in [0.1, 0.15) is 52.4 Å². The highest BCUT2D eigenvalue weighted by Gasteiger charge is 2.39. The molecular formula is C15H25NO3. The fourth-order valence-electron chi connectivity index (χ4n) is 3.67. The molecule has 0 spiro atoms. The minimum absolute atomic E-state index is 0.0894. The zero-order valence-corrected chi connectivity index (χ0v) is 12.0. The van der Waals surface area contributed by atoms with Crippen LogP contribution < -0.4 is 0 Å². The van der Waals surface area contributed by atoms with Crippen LogP contribution in [0.15, 0.2) is 0 Å². The Morgan fingerprint density at radius 3 is 2.26 bits per heavy atom. The van der Waals surface area contributed by atoms with Crippen LogP contribution in [-0.2, 0) is 9.59 Å². The fourth-order valence-corrected chi connectivity index (χ4v) is 3.67. The lowest BCUT2D eigenvalue weighted by atomic mass is 9.77. The number of piperidine rings is 1. The highest BCUT2D eigenvalue weighted by molar-refractivity contribution is 5.85. The molecule has 108 valence electrons. The van der Waals surface area contributed by atoms with Gasteiger partial charge in [-0.05, 0) is 38.5 Å². The maximum absolute atomic E-state index is 12.6. The van der Waals surface area contributed by atoms with E-state index in [-0.39, 0.29) is 17.9 Å². The van der Waals surface area contributed by atoms with Crippen molar-refractivity contribution in [1.82, 2.24) is 4.90 Å². The first-order valence-electron chi connectivity index (χ1n) is 7.54. The Morgan fingerprint density at radius 2 is 1.68 bits per heavy atom. The van der Waals surface area contributed by atoms with Crippen LogP contribution in [-0.4, -0.2) is 34.5 Å². The van der Waals surface area contributed by atoms with Crippen molar-refractivity contribution in [3.05, 3.63) is 0 Å². The third-order valence-corrected chi connectivity index (χ3v) is 4.82. The molecule has 1 aliphatic heterocycles. The van der Waals surface area contributed by atoms with Crippen molar-refractivity contribution < 1.29 is 14.7 Å². The van der Waals surface area contributed by atoms with Gasteiger partial charge in [-0.3, -0.25) is 9.59 Å². The molecule has 4 nitrogen and oxygen atoms in total. The summed E-state index contributed by atoms with van der Waals surface area (Å²) in [6.07, 6.45) is 5.40. The molecule has 2 fully saturated rings. The number of hydrogen-bond acceptors (Lipinski definition) is 2. The zero-order chi connectivity index (χ0) is 14.0. The summed E-state index contributed by atoms with van der Waals surface area (Å²) in [6.45, 7) is 5.11. The van der Waals surface area contributed by atoms with E-state index < -0.39 is 11.9 Å². The fraction of sp³-hybridized carbons (Fsp3) is 0.867. The topological polar surface area (TPSA) is 57.6 Å². The van der Waals surface area contributed by atoms with Crippen molar-refractivity contribution in [2.75, 3.05) is 6.54 Å². The van der Waals surface area contributed by atoms with Gasteiger partial charge in [-0.1, -0.05) is 19.8 Å². The molecule has 4 atom stereocenters. The Morgan fingerprint density at radius 1 is 1.05 bits per heavy atom. The van der Waals surface area contributed by atoms with Crippen molar-refractivity contribution >= 4 is 11.9 Å². The summed E-state index contributed by atoms with van der Waals surface area (Å²) >= 11 is 0. The lowest BCUT2D eigenvalue weighted by Crippen LogP contribution is -2.49. The van der Waals surface area contributed by atoms with Gasteiger partial charge in [-0.25, -0.2) is 0 Å². The number of carboxylic acid groups (broad SMARTS) is 1. The number of carbonyl (C=O) groups excluding carboxylic acids is 1. The number of hydrogen-bond donors (Lipinski definition) is 1. The Bertz CT molecular complexity index is 355. The van der Waals surface area contributed by atoms with Crippen LogP contribution in [0.2, 0.25) is 0 Å². The van der Waals surface area contributed by atoms with Crippen LogP contribution in [0.3, 0.4) is 0 Å². The van der Waals surface area contributed by atoms with E-state index in [2.05, 4.69) is 13.8 Å². The largest absolute Gasteiger partial charge is 0.481 e. The molecule has 0 bridgehead atoms. The van der Waals surface area contributed by atoms with Gasteiger partial charge in [0.05, 0.1) is 11.8 Å². The van der Waals surface area contributed by atoms with E-state index in [4.69, 9.17) is 0 Å². The molecule has 0 aromatic carbocycles. The molecule has 1 aliphatic carbocycles. The normalized spacial score (nSPS) is 36.0. The van der Waals surface area contributed by atoms with Crippen LogP contribution in [0.25, 0.3) is 0 Å². The van der Waals surface area contributed by atoms with E-state index >= 15 is 0 Å². The lowest BCUT2D eigenvalue weighted by Gasteiger charge is -2.40. The van der Waals surface area contributed by atoms with E-state index in [1.54, 1.807) is 0 Å². The van der Waals surface area contributed by atoms with Crippen LogP contribution in [0.5, 0.6) is 0 Å². The molecule has 2 rings (SSSR count). The summed E-state index contributed by atoms with van der Waals surface area (Å²) < 4.78 is 0. The average molecular weight is 267 g/mol. The highest BCUT2D eigenvalue weighted by Crippen LogP contribution is 2.34. The molecule has 0 radical (unpaired) electrons. The van der Waals surface area contributed by atoms with Crippen molar-refractivity contribution in [3.8, 4) is 0 Å². The number of carboxylic acids is 1. The number of likely N-dealkylation sites (tertiary alicyclic amines) is 1. The van der Waals surface area contributed by atoms with Crippen molar-refractivity contribution in [3.63, 3.8) is 0 Å². The van der Waals surface area contributed by atoms with Gasteiger partial charge < -0.3 is 10.0 Å². The average Bonchev–Trinajstić information content (AvgIpc) is 2.38. The SMILES string of the molecule is CC1CCN(C(=O)[C@@H]2CCCC[C@@H]2C(=O)O)C(C)C1. The van der Waals surface area contributed by atoms with E-state index in [1.165, 1.54) is 0 Å². The van der Waals surface area contributed by atoms with Crippen molar-refractivity contribution in [2.45, 2.75) is 58.4 Å². The van der Waals surface area contributed by atoms with E-state index in [0.717, 1.165) is 38.6 Å². The van der Waals surface area contributed by atoms with Crippen molar-refractivity contribution in [2.24, 2.45) is 17.8 Å². The molecular weight excluding hydrogens is 242 g/mol. The summed E-state index contributed by atoms with van der Waals surface area (Å²) in [5.41, 5.74) is 0. The second-order valence-corrected chi connectivity index (χ2v) is 6.35. The van der Waals surface area contributed by atoms with Gasteiger partial charge in [0.25, 0.3) is 0 Å². The van der Waals surface area contributed by atoms with E-state index in [0.29, 0.717) is 12.3 Å². The number of carbonyl (C=O) groups is 2. The smallest absolute Gasteiger partial charge is 0.307 e. The second-order valence-electron chi connectivity index (χ2n) is 6.35. The molecule has 4 heteroatoms. The quantitative estimate of drug-likeness (QED) is 0.836. The van der Waals surface area contributed by atoms with Gasteiger partial charge in [-0.15, -0.1) is 0 Å². The third kappa shape index (κ3) is 3.10. The van der Waals surface area contributed by atoms with Gasteiger partial charge in [0.1, 0.15) is 0 Å². The summed E-state index contributed by atoms with van der Waals surface area (Å²) in [4.78, 5) is 25.9. The first kappa shape index (κ1) is 14.4. The Balaban J connectivity index is 2.06. The third-order valence-electron chi connectivity index (χ3n) is 4.82. The molecule has 19 heavy (non-hydrogen) atoms. The predicted molar refractivity (Wildman–Crippen MR) is 72.7 cm³/mol. The lowest BCUT2D eigenvalue weighted by molar-refractivity contribution is -0.154. The number of rotatable bonds is 2. The first-order chi connectivity index (χ1) is 9.00. The highest BCUT2D eigenvalue weighted by atomic mass is 16.4. The molecule has 1 N–H and O–H groups in total.